The lowest BCUT2D eigenvalue weighted by Crippen LogP contribution is -3.13. The number of H-pyrrole nitrogens is 1. The van der Waals surface area contributed by atoms with E-state index in [4.69, 9.17) is 29.2 Å². The highest BCUT2D eigenvalue weighted by molar-refractivity contribution is 7.73. The second kappa shape index (κ2) is 5.50. The number of nitrogens with one attached hydrogen (secondary N) is 2. The Bertz CT molecular complexity index is 701. The summed E-state index contributed by atoms with van der Waals surface area (Å²) in [5.41, 5.74) is 2.15. The summed E-state index contributed by atoms with van der Waals surface area (Å²) in [5.74, 6) is 0. The molecule has 0 unspecified atom stereocenters. The Labute approximate surface area is 121 Å². The fourth-order valence-electron chi connectivity index (χ4n) is 2.42. The van der Waals surface area contributed by atoms with Crippen LogP contribution in [0.2, 0.25) is 0 Å². The number of quaternary nitrogens is 1. The summed E-state index contributed by atoms with van der Waals surface area (Å²) in [7, 11) is 0. The van der Waals surface area contributed by atoms with Crippen molar-refractivity contribution in [3.05, 3.63) is 33.5 Å². The largest absolute Gasteiger partial charge is 0.370 e. The van der Waals surface area contributed by atoms with Crippen LogP contribution in [0.3, 0.4) is 0 Å². The molecule has 0 aliphatic carbocycles. The van der Waals surface area contributed by atoms with Gasteiger partial charge in [-0.1, -0.05) is 36.6 Å². The van der Waals surface area contributed by atoms with E-state index in [0.29, 0.717) is 9.28 Å². The second-order valence-electron chi connectivity index (χ2n) is 4.72. The zero-order valence-electron chi connectivity index (χ0n) is 10.5. The monoisotopic (exact) mass is 294 g/mol. The topological polar surface area (TPSA) is 34.4 Å². The Morgan fingerprint density at radius 2 is 1.95 bits per heavy atom. The summed E-state index contributed by atoms with van der Waals surface area (Å²) < 4.78 is 8.89. The highest BCUT2D eigenvalue weighted by Gasteiger charge is 2.15. The molecule has 1 fully saturated rings. The van der Waals surface area contributed by atoms with Gasteiger partial charge in [0.2, 0.25) is 0 Å². The smallest absolute Gasteiger partial charge is 0.158 e. The number of hydrogen-bond donors (Lipinski definition) is 2. The Hall–Kier alpha value is -1.08. The summed E-state index contributed by atoms with van der Waals surface area (Å²) >= 11 is 10.8. The van der Waals surface area contributed by atoms with Gasteiger partial charge < -0.3 is 14.6 Å². The summed E-state index contributed by atoms with van der Waals surface area (Å²) in [6.07, 6.45) is 0. The van der Waals surface area contributed by atoms with Crippen LogP contribution >= 0.6 is 24.4 Å². The molecule has 0 spiro atoms. The highest BCUT2D eigenvalue weighted by Crippen LogP contribution is 2.11. The molecule has 0 saturated carbocycles. The van der Waals surface area contributed by atoms with Crippen molar-refractivity contribution in [3.63, 3.8) is 0 Å². The summed E-state index contributed by atoms with van der Waals surface area (Å²) in [6.45, 7) is 4.52. The normalized spacial score (nSPS) is 16.8. The molecule has 2 aromatic rings. The van der Waals surface area contributed by atoms with Gasteiger partial charge in [-0.3, -0.25) is 4.57 Å². The number of aromatic amines is 1. The van der Waals surface area contributed by atoms with E-state index in [9.17, 15) is 0 Å². The standard InChI is InChI=1S/C13H15N3OS2/c18-12-13(19)16(9-15-5-7-17-8-6-15)11-4-2-1-3-10(11)14-12/h1-4H,5-9H2,(H,14,18)/p+1. The molecule has 1 aromatic heterocycles. The van der Waals surface area contributed by atoms with Gasteiger partial charge in [0.1, 0.15) is 22.4 Å². The van der Waals surface area contributed by atoms with Crippen LogP contribution in [0.4, 0.5) is 0 Å². The van der Waals surface area contributed by atoms with Crippen molar-refractivity contribution in [3.8, 4) is 0 Å². The Morgan fingerprint density at radius 1 is 1.21 bits per heavy atom. The van der Waals surface area contributed by atoms with Crippen molar-refractivity contribution in [2.24, 2.45) is 0 Å². The van der Waals surface area contributed by atoms with Crippen LogP contribution in [0.1, 0.15) is 0 Å². The van der Waals surface area contributed by atoms with Gasteiger partial charge >= 0.3 is 0 Å². The van der Waals surface area contributed by atoms with Crippen molar-refractivity contribution in [2.75, 3.05) is 26.3 Å². The van der Waals surface area contributed by atoms with Crippen LogP contribution in [0.25, 0.3) is 11.0 Å². The molecule has 2 heterocycles. The van der Waals surface area contributed by atoms with Gasteiger partial charge in [-0.25, -0.2) is 0 Å². The molecule has 100 valence electrons. The number of benzene rings is 1. The van der Waals surface area contributed by atoms with Crippen LogP contribution < -0.4 is 4.90 Å². The van der Waals surface area contributed by atoms with Crippen LogP contribution in [-0.2, 0) is 11.4 Å². The molecule has 0 radical (unpaired) electrons. The van der Waals surface area contributed by atoms with E-state index in [2.05, 4.69) is 15.6 Å². The molecule has 1 aliphatic rings. The average Bonchev–Trinajstić information content (AvgIpc) is 2.45. The lowest BCUT2D eigenvalue weighted by Gasteiger charge is -2.25. The van der Waals surface area contributed by atoms with Gasteiger partial charge in [-0.2, -0.15) is 0 Å². The van der Waals surface area contributed by atoms with Crippen LogP contribution in [0, 0.1) is 9.28 Å². The molecule has 6 heteroatoms. The predicted octanol–water partition coefficient (Wildman–Crippen LogP) is 1.30. The second-order valence-corrected chi connectivity index (χ2v) is 5.52. The molecule has 19 heavy (non-hydrogen) atoms. The first-order chi connectivity index (χ1) is 9.25. The van der Waals surface area contributed by atoms with Crippen molar-refractivity contribution in [2.45, 2.75) is 6.67 Å². The third kappa shape index (κ3) is 2.62. The number of morpholine rings is 1. The Morgan fingerprint density at radius 3 is 2.74 bits per heavy atom. The zero-order chi connectivity index (χ0) is 13.2. The number of aromatic nitrogens is 2. The highest BCUT2D eigenvalue weighted by atomic mass is 32.1. The van der Waals surface area contributed by atoms with Gasteiger partial charge in [-0.15, -0.1) is 0 Å². The van der Waals surface area contributed by atoms with Crippen molar-refractivity contribution in [1.29, 1.82) is 0 Å². The predicted molar refractivity (Wildman–Crippen MR) is 79.5 cm³/mol. The molecule has 0 amide bonds. The number of nitrogens with zero attached hydrogens (tertiary/aromatic N) is 1. The van der Waals surface area contributed by atoms with E-state index < -0.39 is 0 Å². The SMILES string of the molecule is S=c1[nH]c2ccccc2n(C[NH+]2CCOCC2)c1=S. The van der Waals surface area contributed by atoms with Gasteiger partial charge in [-0.05, 0) is 12.1 Å². The maximum atomic E-state index is 5.47. The number of fused-ring (bicyclic) bond motifs is 1. The molecule has 1 aromatic carbocycles. The Balaban J connectivity index is 2.08. The maximum Gasteiger partial charge on any atom is 0.158 e. The van der Waals surface area contributed by atoms with E-state index in [1.165, 1.54) is 4.90 Å². The van der Waals surface area contributed by atoms with Crippen molar-refractivity contribution in [1.82, 2.24) is 9.55 Å². The van der Waals surface area contributed by atoms with Gasteiger partial charge in [0.05, 0.1) is 24.2 Å². The number of ether oxygens (including phenoxy) is 1. The average molecular weight is 294 g/mol. The first kappa shape index (κ1) is 12.9. The maximum absolute atomic E-state index is 5.47. The quantitative estimate of drug-likeness (QED) is 0.820. The molecular formula is C13H16N3OS2+. The van der Waals surface area contributed by atoms with Gasteiger partial charge in [0, 0.05) is 0 Å². The lowest BCUT2D eigenvalue weighted by molar-refractivity contribution is -0.930. The molecule has 4 nitrogen and oxygen atoms in total. The van der Waals surface area contributed by atoms with Crippen LogP contribution in [0.15, 0.2) is 24.3 Å². The van der Waals surface area contributed by atoms with Crippen LogP contribution in [-0.4, -0.2) is 35.9 Å². The number of para-hydroxylation sites is 2. The van der Waals surface area contributed by atoms with E-state index in [-0.39, 0.29) is 0 Å². The summed E-state index contributed by atoms with van der Waals surface area (Å²) in [5, 5.41) is 0. The molecule has 2 N–H and O–H groups in total. The summed E-state index contributed by atoms with van der Waals surface area (Å²) in [4.78, 5) is 4.67. The number of hydrogen-bond acceptors (Lipinski definition) is 3. The minimum Gasteiger partial charge on any atom is -0.370 e. The molecule has 0 atom stereocenters. The third-order valence-electron chi connectivity index (χ3n) is 3.46. The van der Waals surface area contributed by atoms with E-state index in [1.54, 1.807) is 0 Å². The Kier molecular flexibility index (Phi) is 3.74. The fraction of sp³-hybridized carbons (Fsp3) is 0.385. The minimum absolute atomic E-state index is 0.640. The molecular weight excluding hydrogens is 278 g/mol. The van der Waals surface area contributed by atoms with Gasteiger partial charge in [0.25, 0.3) is 0 Å². The van der Waals surface area contributed by atoms with Crippen LogP contribution in [0.5, 0.6) is 0 Å². The number of rotatable bonds is 2. The van der Waals surface area contributed by atoms with E-state index >= 15 is 0 Å². The third-order valence-corrected chi connectivity index (χ3v) is 4.31. The van der Waals surface area contributed by atoms with Crippen molar-refractivity contribution >= 4 is 35.5 Å². The zero-order valence-corrected chi connectivity index (χ0v) is 12.1. The van der Waals surface area contributed by atoms with E-state index in [0.717, 1.165) is 44.0 Å². The summed E-state index contributed by atoms with van der Waals surface area (Å²) in [6, 6.07) is 8.14. The van der Waals surface area contributed by atoms with Gasteiger partial charge in [0.15, 0.2) is 6.67 Å². The molecule has 0 bridgehead atoms. The molecule has 1 aliphatic heterocycles. The first-order valence-corrected chi connectivity index (χ1v) is 7.20. The van der Waals surface area contributed by atoms with E-state index in [1.807, 2.05) is 18.2 Å². The first-order valence-electron chi connectivity index (χ1n) is 6.39. The fourth-order valence-corrected chi connectivity index (χ4v) is 2.86. The van der Waals surface area contributed by atoms with Crippen molar-refractivity contribution < 1.29 is 9.64 Å². The molecule has 1 saturated heterocycles. The lowest BCUT2D eigenvalue weighted by atomic mass is 10.3. The molecule has 3 rings (SSSR count). The minimum atomic E-state index is 0.640.